The lowest BCUT2D eigenvalue weighted by molar-refractivity contribution is 0.0734. The van der Waals surface area contributed by atoms with Gasteiger partial charge in [0, 0.05) is 0 Å². The quantitative estimate of drug-likeness (QED) is 0.324. The van der Waals surface area contributed by atoms with Crippen molar-refractivity contribution >= 4 is 5.97 Å². The topological polar surface area (TPSA) is 44.8 Å². The molecule has 4 heteroatoms. The minimum Gasteiger partial charge on any atom is -0.490 e. The molecule has 0 fully saturated rings. The lowest BCUT2D eigenvalue weighted by atomic mass is 10.2. The summed E-state index contributed by atoms with van der Waals surface area (Å²) in [4.78, 5) is 12.3. The van der Waals surface area contributed by atoms with Crippen LogP contribution < -0.4 is 14.2 Å². The number of aryl methyl sites for hydroxylation is 1. The van der Waals surface area contributed by atoms with Gasteiger partial charge in [0.25, 0.3) is 0 Å². The molecular weight excluding hydrogens is 340 g/mol. The number of carbonyl (C=O) groups is 1. The summed E-state index contributed by atoms with van der Waals surface area (Å²) >= 11 is 0. The van der Waals surface area contributed by atoms with Crippen LogP contribution in [0.1, 0.15) is 22.8 Å². The highest BCUT2D eigenvalue weighted by atomic mass is 16.5. The van der Waals surface area contributed by atoms with Crippen LogP contribution in [-0.4, -0.2) is 19.2 Å². The molecule has 0 atom stereocenters. The van der Waals surface area contributed by atoms with Crippen molar-refractivity contribution < 1.29 is 19.0 Å². The van der Waals surface area contributed by atoms with E-state index in [0.717, 1.165) is 12.2 Å². The lowest BCUT2D eigenvalue weighted by Gasteiger charge is -2.10. The predicted molar refractivity (Wildman–Crippen MR) is 105 cm³/mol. The Morgan fingerprint density at radius 3 is 2.11 bits per heavy atom. The smallest absolute Gasteiger partial charge is 0.343 e. The molecule has 0 N–H and O–H groups in total. The van der Waals surface area contributed by atoms with Crippen molar-refractivity contribution in [1.82, 2.24) is 0 Å². The first-order valence-electron chi connectivity index (χ1n) is 8.96. The summed E-state index contributed by atoms with van der Waals surface area (Å²) < 4.78 is 16.7. The van der Waals surface area contributed by atoms with Crippen molar-refractivity contribution in [3.8, 4) is 17.2 Å². The van der Waals surface area contributed by atoms with Gasteiger partial charge in [-0.3, -0.25) is 0 Å². The average Bonchev–Trinajstić information content (AvgIpc) is 2.73. The van der Waals surface area contributed by atoms with Gasteiger partial charge in [-0.2, -0.15) is 0 Å². The summed E-state index contributed by atoms with van der Waals surface area (Å²) in [6.07, 6.45) is 0.946. The monoisotopic (exact) mass is 362 g/mol. The third-order valence-electron chi connectivity index (χ3n) is 3.98. The normalized spacial score (nSPS) is 10.3. The Morgan fingerprint density at radius 2 is 1.41 bits per heavy atom. The minimum absolute atomic E-state index is 0.381. The van der Waals surface area contributed by atoms with Gasteiger partial charge in [0.2, 0.25) is 0 Å². The molecule has 0 bridgehead atoms. The van der Waals surface area contributed by atoms with E-state index in [1.807, 2.05) is 42.5 Å². The maximum absolute atomic E-state index is 12.3. The molecule has 0 radical (unpaired) electrons. The second-order valence-corrected chi connectivity index (χ2v) is 5.92. The predicted octanol–water partition coefficient (Wildman–Crippen LogP) is 4.93. The largest absolute Gasteiger partial charge is 0.490 e. The van der Waals surface area contributed by atoms with Crippen LogP contribution in [0.15, 0.2) is 78.9 Å². The summed E-state index contributed by atoms with van der Waals surface area (Å²) in [6, 6.07) is 24.0. The number of hydrogen-bond donors (Lipinski definition) is 0. The van der Waals surface area contributed by atoms with Gasteiger partial charge in [-0.05, 0) is 54.4 Å². The van der Waals surface area contributed by atoms with E-state index in [9.17, 15) is 4.79 Å². The molecule has 0 saturated heterocycles. The molecule has 0 aliphatic carbocycles. The van der Waals surface area contributed by atoms with E-state index in [0.29, 0.717) is 30.3 Å². The maximum atomic E-state index is 12.3. The zero-order valence-electron chi connectivity index (χ0n) is 15.3. The summed E-state index contributed by atoms with van der Waals surface area (Å²) in [7, 11) is 0. The van der Waals surface area contributed by atoms with Crippen LogP contribution in [0.2, 0.25) is 0 Å². The van der Waals surface area contributed by atoms with Gasteiger partial charge >= 0.3 is 5.97 Å². The first-order valence-corrected chi connectivity index (χ1v) is 8.96. The Balaban J connectivity index is 1.52. The van der Waals surface area contributed by atoms with Crippen LogP contribution in [0.5, 0.6) is 17.2 Å². The van der Waals surface area contributed by atoms with Gasteiger partial charge in [-0.1, -0.05) is 43.3 Å². The number of rotatable bonds is 8. The van der Waals surface area contributed by atoms with Gasteiger partial charge in [-0.25, -0.2) is 4.79 Å². The van der Waals surface area contributed by atoms with E-state index in [1.54, 1.807) is 36.4 Å². The van der Waals surface area contributed by atoms with Crippen LogP contribution in [0.3, 0.4) is 0 Å². The average molecular weight is 362 g/mol. The SMILES string of the molecule is CCc1ccc(OC(=O)c2cccc(OCCOc3ccccc3)c2)cc1. The number of hydrogen-bond acceptors (Lipinski definition) is 4. The Kier molecular flexibility index (Phi) is 6.47. The molecule has 3 rings (SSSR count). The number of ether oxygens (including phenoxy) is 3. The molecule has 0 unspecified atom stereocenters. The van der Waals surface area contributed by atoms with E-state index in [1.165, 1.54) is 5.56 Å². The van der Waals surface area contributed by atoms with Crippen molar-refractivity contribution in [2.75, 3.05) is 13.2 Å². The van der Waals surface area contributed by atoms with Crippen LogP contribution in [0.4, 0.5) is 0 Å². The summed E-state index contributed by atoms with van der Waals surface area (Å²) in [5, 5.41) is 0. The molecule has 27 heavy (non-hydrogen) atoms. The summed E-state index contributed by atoms with van der Waals surface area (Å²) in [5.74, 6) is 1.51. The Morgan fingerprint density at radius 1 is 0.741 bits per heavy atom. The maximum Gasteiger partial charge on any atom is 0.343 e. The molecule has 0 spiro atoms. The summed E-state index contributed by atoms with van der Waals surface area (Å²) in [6.45, 7) is 2.88. The summed E-state index contributed by atoms with van der Waals surface area (Å²) in [5.41, 5.74) is 1.64. The van der Waals surface area contributed by atoms with E-state index in [-0.39, 0.29) is 0 Å². The second kappa shape index (κ2) is 9.43. The van der Waals surface area contributed by atoms with E-state index >= 15 is 0 Å². The van der Waals surface area contributed by atoms with Gasteiger partial charge in [0.05, 0.1) is 5.56 Å². The van der Waals surface area contributed by atoms with Crippen LogP contribution in [0, 0.1) is 0 Å². The molecule has 0 heterocycles. The fraction of sp³-hybridized carbons (Fsp3) is 0.174. The van der Waals surface area contributed by atoms with Gasteiger partial charge in [0.1, 0.15) is 30.5 Å². The van der Waals surface area contributed by atoms with Crippen molar-refractivity contribution in [1.29, 1.82) is 0 Å². The number of carbonyl (C=O) groups excluding carboxylic acids is 1. The fourth-order valence-electron chi connectivity index (χ4n) is 2.51. The molecule has 3 aromatic carbocycles. The molecule has 4 nitrogen and oxygen atoms in total. The molecule has 0 saturated carbocycles. The number of para-hydroxylation sites is 1. The fourth-order valence-corrected chi connectivity index (χ4v) is 2.51. The molecule has 0 aliphatic rings. The third-order valence-corrected chi connectivity index (χ3v) is 3.98. The standard InChI is InChI=1S/C23H22O4/c1-2-18-11-13-21(14-12-18)27-23(24)19-7-6-10-22(17-19)26-16-15-25-20-8-4-3-5-9-20/h3-14,17H,2,15-16H2,1H3. The molecule has 0 amide bonds. The molecular formula is C23H22O4. The van der Waals surface area contributed by atoms with Crippen molar-refractivity contribution in [2.24, 2.45) is 0 Å². The molecule has 0 aliphatic heterocycles. The van der Waals surface area contributed by atoms with Crippen LogP contribution in [0.25, 0.3) is 0 Å². The van der Waals surface area contributed by atoms with E-state index in [2.05, 4.69) is 6.92 Å². The second-order valence-electron chi connectivity index (χ2n) is 5.92. The van der Waals surface area contributed by atoms with Gasteiger partial charge < -0.3 is 14.2 Å². The zero-order chi connectivity index (χ0) is 18.9. The van der Waals surface area contributed by atoms with Crippen molar-refractivity contribution in [3.63, 3.8) is 0 Å². The highest BCUT2D eigenvalue weighted by Crippen LogP contribution is 2.18. The van der Waals surface area contributed by atoms with Crippen molar-refractivity contribution in [3.05, 3.63) is 90.0 Å². The third kappa shape index (κ3) is 5.61. The first-order chi connectivity index (χ1) is 13.2. The van der Waals surface area contributed by atoms with E-state index in [4.69, 9.17) is 14.2 Å². The Hall–Kier alpha value is -3.27. The zero-order valence-corrected chi connectivity index (χ0v) is 15.3. The molecule has 3 aromatic rings. The van der Waals surface area contributed by atoms with Crippen molar-refractivity contribution in [2.45, 2.75) is 13.3 Å². The number of esters is 1. The number of benzene rings is 3. The Labute approximate surface area is 159 Å². The van der Waals surface area contributed by atoms with Crippen LogP contribution >= 0.6 is 0 Å². The molecule has 0 aromatic heterocycles. The Bertz CT molecular complexity index is 857. The van der Waals surface area contributed by atoms with Gasteiger partial charge in [-0.15, -0.1) is 0 Å². The highest BCUT2D eigenvalue weighted by molar-refractivity contribution is 5.91. The van der Waals surface area contributed by atoms with Gasteiger partial charge in [0.15, 0.2) is 0 Å². The van der Waals surface area contributed by atoms with Crippen LogP contribution in [-0.2, 0) is 6.42 Å². The highest BCUT2D eigenvalue weighted by Gasteiger charge is 2.10. The first kappa shape index (κ1) is 18.5. The van der Waals surface area contributed by atoms with E-state index < -0.39 is 5.97 Å². The molecule has 138 valence electrons. The minimum atomic E-state index is -0.412. The lowest BCUT2D eigenvalue weighted by Crippen LogP contribution is -2.11.